The number of nitrogens with two attached hydrogens (primary N) is 1. The Bertz CT molecular complexity index is 385. The van der Waals surface area contributed by atoms with E-state index < -0.39 is 5.82 Å². The van der Waals surface area contributed by atoms with Gasteiger partial charge in [-0.15, -0.1) is 0 Å². The molecule has 1 saturated carbocycles. The van der Waals surface area contributed by atoms with Crippen LogP contribution in [0.5, 0.6) is 5.75 Å². The van der Waals surface area contributed by atoms with E-state index in [1.807, 2.05) is 0 Å². The number of hydrogen-bond acceptors (Lipinski definition) is 2. The minimum atomic E-state index is -0.424. The fourth-order valence-corrected chi connectivity index (χ4v) is 2.36. The van der Waals surface area contributed by atoms with E-state index in [0.29, 0.717) is 12.1 Å². The van der Waals surface area contributed by atoms with Crippen molar-refractivity contribution in [2.45, 2.75) is 24.7 Å². The van der Waals surface area contributed by atoms with Crippen LogP contribution in [0.3, 0.4) is 0 Å². The third kappa shape index (κ3) is 1.60. The quantitative estimate of drug-likeness (QED) is 0.819. The zero-order valence-corrected chi connectivity index (χ0v) is 9.02. The zero-order valence-electron chi connectivity index (χ0n) is 8.26. The molecule has 82 valence electrons. The van der Waals surface area contributed by atoms with Crippen LogP contribution < -0.4 is 5.73 Å². The van der Waals surface area contributed by atoms with Crippen LogP contribution in [0.2, 0.25) is 5.02 Å². The van der Waals surface area contributed by atoms with Gasteiger partial charge in [0.1, 0.15) is 11.6 Å². The molecule has 1 aromatic carbocycles. The highest BCUT2D eigenvalue weighted by molar-refractivity contribution is 6.32. The van der Waals surface area contributed by atoms with E-state index in [1.54, 1.807) is 0 Å². The SMILES string of the molecule is NCC1(c2cc(F)cc(Cl)c2O)CCC1. The minimum absolute atomic E-state index is 0.0248. The third-order valence-electron chi connectivity index (χ3n) is 3.30. The molecule has 15 heavy (non-hydrogen) atoms. The summed E-state index contributed by atoms with van der Waals surface area (Å²) in [5.41, 5.74) is 5.98. The summed E-state index contributed by atoms with van der Waals surface area (Å²) in [4.78, 5) is 0. The molecule has 0 spiro atoms. The van der Waals surface area contributed by atoms with Gasteiger partial charge in [-0.05, 0) is 25.0 Å². The van der Waals surface area contributed by atoms with E-state index in [2.05, 4.69) is 0 Å². The molecule has 1 fully saturated rings. The standard InChI is InChI=1S/C11H13ClFNO/c12-9-5-7(13)4-8(10(9)15)11(6-14)2-1-3-11/h4-5,15H,1-3,6,14H2. The van der Waals surface area contributed by atoms with Gasteiger partial charge in [-0.25, -0.2) is 4.39 Å². The van der Waals surface area contributed by atoms with Gasteiger partial charge in [0.05, 0.1) is 5.02 Å². The van der Waals surface area contributed by atoms with Crippen molar-refractivity contribution >= 4 is 11.6 Å². The highest BCUT2D eigenvalue weighted by atomic mass is 35.5. The molecule has 0 radical (unpaired) electrons. The number of benzene rings is 1. The average Bonchev–Trinajstić information content (AvgIpc) is 2.12. The van der Waals surface area contributed by atoms with Crippen molar-refractivity contribution in [3.63, 3.8) is 0 Å². The molecule has 0 atom stereocenters. The Morgan fingerprint density at radius 3 is 2.60 bits per heavy atom. The fourth-order valence-electron chi connectivity index (χ4n) is 2.16. The summed E-state index contributed by atoms with van der Waals surface area (Å²) >= 11 is 5.73. The Kier molecular flexibility index (Phi) is 2.61. The molecule has 0 aromatic heterocycles. The number of rotatable bonds is 2. The van der Waals surface area contributed by atoms with Gasteiger partial charge in [-0.3, -0.25) is 0 Å². The number of hydrogen-bond donors (Lipinski definition) is 2. The molecule has 2 rings (SSSR count). The molecular weight excluding hydrogens is 217 g/mol. The molecule has 0 saturated heterocycles. The molecule has 0 amide bonds. The topological polar surface area (TPSA) is 46.2 Å². The van der Waals surface area contributed by atoms with E-state index >= 15 is 0 Å². The lowest BCUT2D eigenvalue weighted by Gasteiger charge is -2.41. The molecule has 0 unspecified atom stereocenters. The van der Waals surface area contributed by atoms with Gasteiger partial charge in [0.2, 0.25) is 0 Å². The summed E-state index contributed by atoms with van der Waals surface area (Å²) in [5, 5.41) is 9.86. The van der Waals surface area contributed by atoms with Gasteiger partial charge in [0.25, 0.3) is 0 Å². The molecule has 3 N–H and O–H groups in total. The largest absolute Gasteiger partial charge is 0.506 e. The first-order chi connectivity index (χ1) is 7.09. The second-order valence-electron chi connectivity index (χ2n) is 4.12. The zero-order chi connectivity index (χ0) is 11.1. The normalized spacial score (nSPS) is 18.6. The predicted octanol–water partition coefficient (Wildman–Crippen LogP) is 2.57. The second kappa shape index (κ2) is 3.65. The van der Waals surface area contributed by atoms with Crippen LogP contribution in [0.4, 0.5) is 4.39 Å². The van der Waals surface area contributed by atoms with Gasteiger partial charge in [-0.1, -0.05) is 18.0 Å². The predicted molar refractivity (Wildman–Crippen MR) is 57.7 cm³/mol. The van der Waals surface area contributed by atoms with Crippen LogP contribution in [0, 0.1) is 5.82 Å². The summed E-state index contributed by atoms with van der Waals surface area (Å²) in [6, 6.07) is 2.45. The van der Waals surface area contributed by atoms with Crippen LogP contribution in [0.1, 0.15) is 24.8 Å². The maximum Gasteiger partial charge on any atom is 0.138 e. The van der Waals surface area contributed by atoms with Crippen LogP contribution in [0.15, 0.2) is 12.1 Å². The molecule has 0 bridgehead atoms. The van der Waals surface area contributed by atoms with Crippen LogP contribution >= 0.6 is 11.6 Å². The first-order valence-electron chi connectivity index (χ1n) is 4.98. The van der Waals surface area contributed by atoms with E-state index in [-0.39, 0.29) is 16.2 Å². The maximum absolute atomic E-state index is 13.2. The summed E-state index contributed by atoms with van der Waals surface area (Å²) in [6.45, 7) is 0.417. The number of halogens is 2. The van der Waals surface area contributed by atoms with E-state index in [1.165, 1.54) is 6.07 Å². The van der Waals surface area contributed by atoms with Crippen LogP contribution in [-0.2, 0) is 5.41 Å². The van der Waals surface area contributed by atoms with Crippen LogP contribution in [-0.4, -0.2) is 11.7 Å². The smallest absolute Gasteiger partial charge is 0.138 e. The molecule has 1 aliphatic rings. The van der Waals surface area contributed by atoms with Crippen molar-refractivity contribution in [3.05, 3.63) is 28.5 Å². The molecular formula is C11H13ClFNO. The monoisotopic (exact) mass is 229 g/mol. The van der Waals surface area contributed by atoms with Crippen molar-refractivity contribution in [1.29, 1.82) is 0 Å². The Morgan fingerprint density at radius 2 is 2.13 bits per heavy atom. The Morgan fingerprint density at radius 1 is 1.47 bits per heavy atom. The molecule has 0 aliphatic heterocycles. The van der Waals surface area contributed by atoms with Crippen molar-refractivity contribution in [2.75, 3.05) is 6.54 Å². The third-order valence-corrected chi connectivity index (χ3v) is 3.59. The van der Waals surface area contributed by atoms with Gasteiger partial charge >= 0.3 is 0 Å². The maximum atomic E-state index is 13.2. The average molecular weight is 230 g/mol. The summed E-state index contributed by atoms with van der Waals surface area (Å²) in [6.07, 6.45) is 2.83. The number of phenolic OH excluding ortho intramolecular Hbond substituents is 1. The van der Waals surface area contributed by atoms with Gasteiger partial charge < -0.3 is 10.8 Å². The van der Waals surface area contributed by atoms with Crippen LogP contribution in [0.25, 0.3) is 0 Å². The Hall–Kier alpha value is -0.800. The highest BCUT2D eigenvalue weighted by Gasteiger charge is 2.40. The first-order valence-corrected chi connectivity index (χ1v) is 5.35. The lowest BCUT2D eigenvalue weighted by molar-refractivity contribution is 0.244. The Balaban J connectivity index is 2.51. The van der Waals surface area contributed by atoms with Gasteiger partial charge in [-0.2, -0.15) is 0 Å². The second-order valence-corrected chi connectivity index (χ2v) is 4.53. The molecule has 4 heteroatoms. The summed E-state index contributed by atoms with van der Waals surface area (Å²) in [7, 11) is 0. The van der Waals surface area contributed by atoms with Gasteiger partial charge in [0, 0.05) is 17.5 Å². The lowest BCUT2D eigenvalue weighted by atomic mass is 9.64. The fraction of sp³-hybridized carbons (Fsp3) is 0.455. The molecule has 1 aliphatic carbocycles. The van der Waals surface area contributed by atoms with Crippen molar-refractivity contribution < 1.29 is 9.50 Å². The van der Waals surface area contributed by atoms with Crippen molar-refractivity contribution in [1.82, 2.24) is 0 Å². The molecule has 2 nitrogen and oxygen atoms in total. The lowest BCUT2D eigenvalue weighted by Crippen LogP contribution is -2.41. The Labute approximate surface area is 92.9 Å². The highest BCUT2D eigenvalue weighted by Crippen LogP contribution is 2.48. The van der Waals surface area contributed by atoms with Crippen molar-refractivity contribution in [3.8, 4) is 5.75 Å². The minimum Gasteiger partial charge on any atom is -0.506 e. The summed E-state index contributed by atoms with van der Waals surface area (Å²) in [5.74, 6) is -0.448. The molecule has 0 heterocycles. The number of phenols is 1. The van der Waals surface area contributed by atoms with E-state index in [9.17, 15) is 9.50 Å². The van der Waals surface area contributed by atoms with E-state index in [0.717, 1.165) is 25.3 Å². The number of aromatic hydroxyl groups is 1. The molecule has 1 aromatic rings. The van der Waals surface area contributed by atoms with Gasteiger partial charge in [0.15, 0.2) is 0 Å². The summed E-state index contributed by atoms with van der Waals surface area (Å²) < 4.78 is 13.2. The first kappa shape index (κ1) is 10.7. The van der Waals surface area contributed by atoms with E-state index in [4.69, 9.17) is 17.3 Å². The van der Waals surface area contributed by atoms with Crippen molar-refractivity contribution in [2.24, 2.45) is 5.73 Å².